The van der Waals surface area contributed by atoms with E-state index in [0.717, 1.165) is 37.9 Å². The van der Waals surface area contributed by atoms with Gasteiger partial charge in [-0.15, -0.1) is 0 Å². The van der Waals surface area contributed by atoms with Gasteiger partial charge in [-0.3, -0.25) is 9.78 Å². The van der Waals surface area contributed by atoms with E-state index in [1.54, 1.807) is 12.3 Å². The fourth-order valence-corrected chi connectivity index (χ4v) is 3.64. The van der Waals surface area contributed by atoms with Crippen molar-refractivity contribution in [2.24, 2.45) is 5.92 Å². The van der Waals surface area contributed by atoms with Gasteiger partial charge in [0, 0.05) is 30.9 Å². The Kier molecular flexibility index (Phi) is 4.37. The summed E-state index contributed by atoms with van der Waals surface area (Å²) in [4.78, 5) is 27.0. The number of amides is 1. The Hall–Kier alpha value is -2.82. The van der Waals surface area contributed by atoms with Gasteiger partial charge in [-0.1, -0.05) is 18.2 Å². The first kappa shape index (κ1) is 15.7. The highest BCUT2D eigenvalue weighted by molar-refractivity contribution is 5.92. The molecule has 126 valence electrons. The zero-order valence-corrected chi connectivity index (χ0v) is 14.0. The minimum absolute atomic E-state index is 0.00619. The number of para-hydroxylation sites is 1. The van der Waals surface area contributed by atoms with Crippen LogP contribution in [0.15, 0.2) is 55.1 Å². The first-order valence-corrected chi connectivity index (χ1v) is 8.69. The van der Waals surface area contributed by atoms with E-state index in [1.807, 2.05) is 23.2 Å². The van der Waals surface area contributed by atoms with Gasteiger partial charge in [0.25, 0.3) is 5.91 Å². The third-order valence-electron chi connectivity index (χ3n) is 4.86. The molecule has 4 rings (SSSR count). The lowest BCUT2D eigenvalue weighted by molar-refractivity contribution is 0.0667. The molecule has 2 aromatic heterocycles. The summed E-state index contributed by atoms with van der Waals surface area (Å²) in [5, 5.41) is 1.21. The van der Waals surface area contributed by atoms with Gasteiger partial charge in [0.2, 0.25) is 0 Å². The van der Waals surface area contributed by atoms with Crippen molar-refractivity contribution in [2.75, 3.05) is 13.1 Å². The van der Waals surface area contributed by atoms with E-state index in [2.05, 4.69) is 33.2 Å². The van der Waals surface area contributed by atoms with Gasteiger partial charge in [0.1, 0.15) is 12.0 Å². The summed E-state index contributed by atoms with van der Waals surface area (Å²) < 4.78 is 0. The molecule has 3 aromatic rings. The van der Waals surface area contributed by atoms with Gasteiger partial charge in [-0.25, -0.2) is 9.97 Å². The largest absolute Gasteiger partial charge is 0.337 e. The molecule has 0 aliphatic carbocycles. The number of benzene rings is 1. The number of piperidine rings is 1. The third kappa shape index (κ3) is 3.36. The van der Waals surface area contributed by atoms with E-state index in [-0.39, 0.29) is 5.91 Å². The molecule has 1 aromatic carbocycles. The Morgan fingerprint density at radius 1 is 1.12 bits per heavy atom. The second-order valence-corrected chi connectivity index (χ2v) is 6.55. The fraction of sp³-hybridized carbons (Fsp3) is 0.300. The summed E-state index contributed by atoms with van der Waals surface area (Å²) in [7, 11) is 0. The van der Waals surface area contributed by atoms with E-state index in [4.69, 9.17) is 0 Å². The number of fused-ring (bicyclic) bond motifs is 1. The van der Waals surface area contributed by atoms with Gasteiger partial charge in [0.15, 0.2) is 0 Å². The minimum atomic E-state index is 0.00619. The van der Waals surface area contributed by atoms with Crippen molar-refractivity contribution >= 4 is 16.8 Å². The third-order valence-corrected chi connectivity index (χ3v) is 4.86. The van der Waals surface area contributed by atoms with Crippen LogP contribution in [0.2, 0.25) is 0 Å². The normalized spacial score (nSPS) is 17.6. The molecule has 0 spiro atoms. The molecule has 0 bridgehead atoms. The van der Waals surface area contributed by atoms with Crippen molar-refractivity contribution in [3.63, 3.8) is 0 Å². The quantitative estimate of drug-likeness (QED) is 0.739. The molecule has 5 nitrogen and oxygen atoms in total. The van der Waals surface area contributed by atoms with Crippen molar-refractivity contribution in [2.45, 2.75) is 19.3 Å². The zero-order chi connectivity index (χ0) is 17.1. The maximum absolute atomic E-state index is 12.6. The second-order valence-electron chi connectivity index (χ2n) is 6.55. The second kappa shape index (κ2) is 6.97. The molecule has 1 saturated heterocycles. The molecule has 0 radical (unpaired) electrons. The summed E-state index contributed by atoms with van der Waals surface area (Å²) in [5.41, 5.74) is 2.82. The summed E-state index contributed by atoms with van der Waals surface area (Å²) in [6.45, 7) is 1.58. The molecule has 0 unspecified atom stereocenters. The van der Waals surface area contributed by atoms with Crippen LogP contribution >= 0.6 is 0 Å². The lowest BCUT2D eigenvalue weighted by atomic mass is 9.90. The van der Waals surface area contributed by atoms with Crippen LogP contribution in [0.25, 0.3) is 10.9 Å². The average molecular weight is 332 g/mol. The van der Waals surface area contributed by atoms with Crippen molar-refractivity contribution in [1.29, 1.82) is 0 Å². The minimum Gasteiger partial charge on any atom is -0.337 e. The molecular formula is C20H20N4O. The average Bonchev–Trinajstić information content (AvgIpc) is 2.69. The Labute approximate surface area is 146 Å². The van der Waals surface area contributed by atoms with Gasteiger partial charge >= 0.3 is 0 Å². The van der Waals surface area contributed by atoms with Gasteiger partial charge in [-0.05, 0) is 48.9 Å². The number of likely N-dealkylation sites (tertiary alicyclic amines) is 1. The number of carbonyl (C=O) groups excluding carboxylic acids is 1. The molecule has 0 saturated carbocycles. The van der Waals surface area contributed by atoms with Crippen molar-refractivity contribution in [3.8, 4) is 0 Å². The van der Waals surface area contributed by atoms with Crippen molar-refractivity contribution < 1.29 is 4.79 Å². The lowest BCUT2D eigenvalue weighted by Gasteiger charge is -2.32. The maximum atomic E-state index is 12.6. The Balaban J connectivity index is 1.51. The predicted molar refractivity (Wildman–Crippen MR) is 96.1 cm³/mol. The fourth-order valence-electron chi connectivity index (χ4n) is 3.64. The SMILES string of the molecule is O=C(c1ccncn1)N1CCC[C@H](Cc2ccnc3ccccc23)C1. The molecule has 1 fully saturated rings. The number of nitrogens with zero attached hydrogens (tertiary/aromatic N) is 4. The van der Waals surface area contributed by atoms with E-state index >= 15 is 0 Å². The van der Waals surface area contributed by atoms with Crippen LogP contribution in [0, 0.1) is 5.92 Å². The van der Waals surface area contributed by atoms with Gasteiger partial charge in [0.05, 0.1) is 5.52 Å². The van der Waals surface area contributed by atoms with E-state index in [9.17, 15) is 4.79 Å². The predicted octanol–water partition coefficient (Wildman–Crippen LogP) is 3.12. The smallest absolute Gasteiger partial charge is 0.272 e. The van der Waals surface area contributed by atoms with Crippen LogP contribution < -0.4 is 0 Å². The van der Waals surface area contributed by atoms with E-state index in [1.165, 1.54) is 17.3 Å². The molecule has 25 heavy (non-hydrogen) atoms. The van der Waals surface area contributed by atoms with Gasteiger partial charge < -0.3 is 4.90 Å². The molecule has 1 atom stereocenters. The number of hydrogen-bond acceptors (Lipinski definition) is 4. The molecule has 1 aliphatic heterocycles. The highest BCUT2D eigenvalue weighted by Gasteiger charge is 2.25. The Bertz CT molecular complexity index is 876. The van der Waals surface area contributed by atoms with Crippen LogP contribution in [-0.4, -0.2) is 38.8 Å². The summed E-state index contributed by atoms with van der Waals surface area (Å²) >= 11 is 0. The molecule has 3 heterocycles. The maximum Gasteiger partial charge on any atom is 0.272 e. The van der Waals surface area contributed by atoms with Crippen LogP contribution in [0.3, 0.4) is 0 Å². The highest BCUT2D eigenvalue weighted by atomic mass is 16.2. The molecule has 5 heteroatoms. The number of pyridine rings is 1. The standard InChI is InChI=1S/C20H20N4O/c25-20(19-8-9-21-14-23-19)24-11-3-4-15(13-24)12-16-7-10-22-18-6-2-1-5-17(16)18/h1-2,5-10,14-15H,3-4,11-13H2/t15-/m1/s1. The number of hydrogen-bond donors (Lipinski definition) is 0. The van der Waals surface area contributed by atoms with Crippen LogP contribution in [0.4, 0.5) is 0 Å². The topological polar surface area (TPSA) is 59.0 Å². The Morgan fingerprint density at radius 3 is 2.92 bits per heavy atom. The van der Waals surface area contributed by atoms with E-state index < -0.39 is 0 Å². The van der Waals surface area contributed by atoms with E-state index in [0.29, 0.717) is 11.6 Å². The lowest BCUT2D eigenvalue weighted by Crippen LogP contribution is -2.40. The number of rotatable bonds is 3. The molecule has 0 N–H and O–H groups in total. The molecule has 1 amide bonds. The van der Waals surface area contributed by atoms with Gasteiger partial charge in [-0.2, -0.15) is 0 Å². The zero-order valence-electron chi connectivity index (χ0n) is 14.0. The first-order chi connectivity index (χ1) is 12.3. The summed E-state index contributed by atoms with van der Waals surface area (Å²) in [5.74, 6) is 0.469. The number of aromatic nitrogens is 3. The summed E-state index contributed by atoms with van der Waals surface area (Å²) in [6.07, 6.45) is 8.07. The highest BCUT2D eigenvalue weighted by Crippen LogP contribution is 2.25. The first-order valence-electron chi connectivity index (χ1n) is 8.69. The van der Waals surface area contributed by atoms with Crippen molar-refractivity contribution in [3.05, 3.63) is 66.4 Å². The van der Waals surface area contributed by atoms with Crippen LogP contribution in [-0.2, 0) is 6.42 Å². The Morgan fingerprint density at radius 2 is 2.04 bits per heavy atom. The monoisotopic (exact) mass is 332 g/mol. The number of carbonyl (C=O) groups is 1. The molecular weight excluding hydrogens is 312 g/mol. The van der Waals surface area contributed by atoms with Crippen LogP contribution in [0.5, 0.6) is 0 Å². The van der Waals surface area contributed by atoms with Crippen LogP contribution in [0.1, 0.15) is 28.9 Å². The summed E-state index contributed by atoms with van der Waals surface area (Å²) in [6, 6.07) is 12.0. The molecule has 1 aliphatic rings. The van der Waals surface area contributed by atoms with Crippen molar-refractivity contribution in [1.82, 2.24) is 19.9 Å².